The average Bonchev–Trinajstić information content (AvgIpc) is 2.37. The van der Waals surface area contributed by atoms with Gasteiger partial charge in [-0.2, -0.15) is 0 Å². The van der Waals surface area contributed by atoms with Crippen molar-refractivity contribution in [2.45, 2.75) is 31.4 Å². The molecular formula is C15H21FN2O3. The number of nitrogens with two attached hydrogens (primary N) is 1. The Morgan fingerprint density at radius 3 is 2.95 bits per heavy atom. The fourth-order valence-electron chi connectivity index (χ4n) is 2.88. The summed E-state index contributed by atoms with van der Waals surface area (Å²) in [6.07, 6.45) is 1.30. The van der Waals surface area contributed by atoms with E-state index in [9.17, 15) is 14.3 Å². The molecule has 2 rings (SSSR count). The number of primary amides is 1. The second kappa shape index (κ2) is 6.41. The van der Waals surface area contributed by atoms with Crippen LogP contribution in [-0.4, -0.2) is 41.7 Å². The SMILES string of the molecule is COc1ccc(CN2CCCC(O)(CC(N)=O)C2)cc1F. The van der Waals surface area contributed by atoms with Crippen LogP contribution in [0.25, 0.3) is 0 Å². The molecule has 1 amide bonds. The van der Waals surface area contributed by atoms with Crippen molar-refractivity contribution in [3.05, 3.63) is 29.6 Å². The van der Waals surface area contributed by atoms with E-state index in [0.29, 0.717) is 19.5 Å². The topological polar surface area (TPSA) is 75.8 Å². The molecule has 1 atom stereocenters. The first kappa shape index (κ1) is 15.7. The molecule has 0 aromatic heterocycles. The third-order valence-electron chi connectivity index (χ3n) is 3.76. The summed E-state index contributed by atoms with van der Waals surface area (Å²) in [5.41, 5.74) is 4.91. The Morgan fingerprint density at radius 1 is 1.57 bits per heavy atom. The highest BCUT2D eigenvalue weighted by atomic mass is 19.1. The van der Waals surface area contributed by atoms with E-state index in [1.807, 2.05) is 4.90 Å². The monoisotopic (exact) mass is 296 g/mol. The Morgan fingerprint density at radius 2 is 2.33 bits per heavy atom. The van der Waals surface area contributed by atoms with Gasteiger partial charge >= 0.3 is 0 Å². The highest BCUT2D eigenvalue weighted by molar-refractivity contribution is 5.75. The number of rotatable bonds is 5. The van der Waals surface area contributed by atoms with Crippen molar-refractivity contribution in [2.75, 3.05) is 20.2 Å². The first-order valence-corrected chi connectivity index (χ1v) is 6.97. The van der Waals surface area contributed by atoms with Crippen molar-refractivity contribution in [1.82, 2.24) is 4.90 Å². The standard InChI is InChI=1S/C15H21FN2O3/c1-21-13-4-3-11(7-12(13)16)9-18-6-2-5-15(20,10-18)8-14(17)19/h3-4,7,20H,2,5-6,8-10H2,1H3,(H2,17,19). The number of β-amino-alcohol motifs (C(OH)–C–C–N with tert-alkyl or cyclic N) is 1. The molecular weight excluding hydrogens is 275 g/mol. The van der Waals surface area contributed by atoms with Gasteiger partial charge < -0.3 is 15.6 Å². The summed E-state index contributed by atoms with van der Waals surface area (Å²) in [6.45, 7) is 1.68. The summed E-state index contributed by atoms with van der Waals surface area (Å²) in [7, 11) is 1.42. The Labute approximate surface area is 123 Å². The number of hydrogen-bond acceptors (Lipinski definition) is 4. The molecule has 1 unspecified atom stereocenters. The van der Waals surface area contributed by atoms with Gasteiger partial charge in [0, 0.05) is 13.1 Å². The zero-order valence-corrected chi connectivity index (χ0v) is 12.1. The number of halogens is 1. The molecule has 1 heterocycles. The molecule has 1 fully saturated rings. The van der Waals surface area contributed by atoms with Gasteiger partial charge in [0.15, 0.2) is 11.6 Å². The van der Waals surface area contributed by atoms with Gasteiger partial charge in [-0.1, -0.05) is 6.07 Å². The van der Waals surface area contributed by atoms with Crippen molar-refractivity contribution in [3.63, 3.8) is 0 Å². The number of benzene rings is 1. The van der Waals surface area contributed by atoms with Crippen LogP contribution in [0.4, 0.5) is 4.39 Å². The van der Waals surface area contributed by atoms with Gasteiger partial charge in [0.2, 0.25) is 5.91 Å². The van der Waals surface area contributed by atoms with E-state index in [4.69, 9.17) is 10.5 Å². The van der Waals surface area contributed by atoms with E-state index in [2.05, 4.69) is 0 Å². The van der Waals surface area contributed by atoms with Gasteiger partial charge in [-0.15, -0.1) is 0 Å². The van der Waals surface area contributed by atoms with Gasteiger partial charge in [-0.25, -0.2) is 4.39 Å². The van der Waals surface area contributed by atoms with E-state index < -0.39 is 17.3 Å². The molecule has 0 bridgehead atoms. The molecule has 0 radical (unpaired) electrons. The number of carbonyl (C=O) groups excluding carboxylic acids is 1. The zero-order chi connectivity index (χ0) is 15.5. The highest BCUT2D eigenvalue weighted by Crippen LogP contribution is 2.26. The van der Waals surface area contributed by atoms with Crippen LogP contribution in [0.2, 0.25) is 0 Å². The predicted molar refractivity (Wildman–Crippen MR) is 76.2 cm³/mol. The Balaban J connectivity index is 2.02. The Hall–Kier alpha value is -1.66. The molecule has 1 saturated heterocycles. The molecule has 0 saturated carbocycles. The normalized spacial score (nSPS) is 23.0. The molecule has 0 aliphatic carbocycles. The number of methoxy groups -OCH3 is 1. The van der Waals surface area contributed by atoms with Gasteiger partial charge in [-0.3, -0.25) is 9.69 Å². The molecule has 1 aliphatic rings. The Bertz CT molecular complexity index is 524. The van der Waals surface area contributed by atoms with Crippen LogP contribution in [0.3, 0.4) is 0 Å². The van der Waals surface area contributed by atoms with Gasteiger partial charge in [0.1, 0.15) is 0 Å². The minimum absolute atomic E-state index is 0.0412. The van der Waals surface area contributed by atoms with Crippen molar-refractivity contribution in [3.8, 4) is 5.75 Å². The van der Waals surface area contributed by atoms with Crippen LogP contribution >= 0.6 is 0 Å². The average molecular weight is 296 g/mol. The van der Waals surface area contributed by atoms with Crippen LogP contribution in [0.5, 0.6) is 5.75 Å². The molecule has 6 heteroatoms. The zero-order valence-electron chi connectivity index (χ0n) is 12.1. The lowest BCUT2D eigenvalue weighted by molar-refractivity contribution is -0.125. The van der Waals surface area contributed by atoms with Crippen molar-refractivity contribution in [1.29, 1.82) is 0 Å². The summed E-state index contributed by atoms with van der Waals surface area (Å²) in [6, 6.07) is 4.81. The van der Waals surface area contributed by atoms with Gasteiger partial charge in [0.05, 0.1) is 19.1 Å². The summed E-state index contributed by atoms with van der Waals surface area (Å²) in [5, 5.41) is 10.4. The second-order valence-corrected chi connectivity index (χ2v) is 5.65. The van der Waals surface area contributed by atoms with Crippen LogP contribution in [0, 0.1) is 5.82 Å². The van der Waals surface area contributed by atoms with Crippen molar-refractivity contribution < 1.29 is 19.0 Å². The summed E-state index contributed by atoms with van der Waals surface area (Å²) in [5.74, 6) is -0.697. The van der Waals surface area contributed by atoms with Crippen LogP contribution in [0.1, 0.15) is 24.8 Å². The number of carbonyl (C=O) groups is 1. The smallest absolute Gasteiger partial charge is 0.220 e. The minimum Gasteiger partial charge on any atom is -0.494 e. The summed E-state index contributed by atoms with van der Waals surface area (Å²) in [4.78, 5) is 13.0. The van der Waals surface area contributed by atoms with Gasteiger partial charge in [0.25, 0.3) is 0 Å². The number of aliphatic hydroxyl groups is 1. The quantitative estimate of drug-likeness (QED) is 0.851. The van der Waals surface area contributed by atoms with E-state index in [1.165, 1.54) is 13.2 Å². The van der Waals surface area contributed by atoms with Gasteiger partial charge in [-0.05, 0) is 37.1 Å². The molecule has 1 aliphatic heterocycles. The number of piperidine rings is 1. The fraction of sp³-hybridized carbons (Fsp3) is 0.533. The molecule has 1 aromatic rings. The van der Waals surface area contributed by atoms with Crippen LogP contribution in [-0.2, 0) is 11.3 Å². The number of hydrogen-bond donors (Lipinski definition) is 2. The molecule has 0 spiro atoms. The van der Waals surface area contributed by atoms with Crippen LogP contribution < -0.4 is 10.5 Å². The fourth-order valence-corrected chi connectivity index (χ4v) is 2.88. The number of ether oxygens (including phenoxy) is 1. The van der Waals surface area contributed by atoms with Crippen molar-refractivity contribution >= 4 is 5.91 Å². The van der Waals surface area contributed by atoms with E-state index >= 15 is 0 Å². The minimum atomic E-state index is -1.07. The lowest BCUT2D eigenvalue weighted by Crippen LogP contribution is -2.49. The number of nitrogens with zero attached hydrogens (tertiary/aromatic N) is 1. The number of amides is 1. The first-order chi connectivity index (χ1) is 9.92. The molecule has 1 aromatic carbocycles. The second-order valence-electron chi connectivity index (χ2n) is 5.65. The third kappa shape index (κ3) is 4.15. The third-order valence-corrected chi connectivity index (χ3v) is 3.76. The maximum atomic E-state index is 13.7. The molecule has 116 valence electrons. The lowest BCUT2D eigenvalue weighted by atomic mass is 9.89. The number of likely N-dealkylation sites (tertiary alicyclic amines) is 1. The first-order valence-electron chi connectivity index (χ1n) is 6.97. The van der Waals surface area contributed by atoms with Crippen LogP contribution in [0.15, 0.2) is 18.2 Å². The maximum absolute atomic E-state index is 13.7. The van der Waals surface area contributed by atoms with E-state index in [0.717, 1.165) is 18.5 Å². The largest absolute Gasteiger partial charge is 0.494 e. The molecule has 3 N–H and O–H groups in total. The van der Waals surface area contributed by atoms with E-state index in [1.54, 1.807) is 12.1 Å². The predicted octanol–water partition coefficient (Wildman–Crippen LogP) is 1.04. The summed E-state index contributed by atoms with van der Waals surface area (Å²) >= 11 is 0. The molecule has 5 nitrogen and oxygen atoms in total. The Kier molecular flexibility index (Phi) is 4.80. The van der Waals surface area contributed by atoms with E-state index in [-0.39, 0.29) is 12.2 Å². The highest BCUT2D eigenvalue weighted by Gasteiger charge is 2.34. The maximum Gasteiger partial charge on any atom is 0.220 e. The summed E-state index contributed by atoms with van der Waals surface area (Å²) < 4.78 is 18.6. The molecule has 21 heavy (non-hydrogen) atoms. The lowest BCUT2D eigenvalue weighted by Gasteiger charge is -2.38. The van der Waals surface area contributed by atoms with Crippen molar-refractivity contribution in [2.24, 2.45) is 5.73 Å².